The summed E-state index contributed by atoms with van der Waals surface area (Å²) in [4.78, 5) is 12.4. The minimum Gasteiger partial charge on any atom is -0.483 e. The van der Waals surface area contributed by atoms with E-state index in [1.165, 1.54) is 17.3 Å². The van der Waals surface area contributed by atoms with Crippen molar-refractivity contribution >= 4 is 39.3 Å². The van der Waals surface area contributed by atoms with E-state index in [-0.39, 0.29) is 17.8 Å². The Bertz CT molecular complexity index is 1000. The molecule has 31 heavy (non-hydrogen) atoms. The summed E-state index contributed by atoms with van der Waals surface area (Å²) in [7, 11) is 0. The van der Waals surface area contributed by atoms with Crippen LogP contribution in [-0.2, 0) is 11.3 Å². The summed E-state index contributed by atoms with van der Waals surface area (Å²) < 4.78 is 8.99. The Morgan fingerprint density at radius 2 is 1.77 bits per heavy atom. The van der Waals surface area contributed by atoms with Crippen LogP contribution >= 0.6 is 27.7 Å². The van der Waals surface area contributed by atoms with Gasteiger partial charge in [-0.25, -0.2) is 0 Å². The topological polar surface area (TPSA) is 69.0 Å². The molecule has 3 aromatic rings. The van der Waals surface area contributed by atoms with Gasteiger partial charge in [0.2, 0.25) is 5.91 Å². The van der Waals surface area contributed by atoms with Crippen LogP contribution in [0, 0.1) is 0 Å². The lowest BCUT2D eigenvalue weighted by Gasteiger charge is -2.15. The zero-order chi connectivity index (χ0) is 22.4. The van der Waals surface area contributed by atoms with Gasteiger partial charge in [-0.2, -0.15) is 0 Å². The van der Waals surface area contributed by atoms with Crippen LogP contribution in [0.15, 0.2) is 58.2 Å². The van der Waals surface area contributed by atoms with Crippen LogP contribution in [0.3, 0.4) is 0 Å². The molecule has 0 bridgehead atoms. The molecule has 6 nitrogen and oxygen atoms in total. The highest BCUT2D eigenvalue weighted by atomic mass is 79.9. The van der Waals surface area contributed by atoms with Crippen LogP contribution in [0.4, 0.5) is 5.69 Å². The number of thioether (sulfide) groups is 1. The minimum absolute atomic E-state index is 0.0753. The van der Waals surface area contributed by atoms with Crippen LogP contribution in [0.2, 0.25) is 0 Å². The Morgan fingerprint density at radius 1 is 1.10 bits per heavy atom. The molecule has 1 aromatic heterocycles. The Hall–Kier alpha value is -2.32. The average molecular weight is 503 g/mol. The van der Waals surface area contributed by atoms with Gasteiger partial charge in [-0.1, -0.05) is 53.7 Å². The van der Waals surface area contributed by atoms with Crippen molar-refractivity contribution in [2.45, 2.75) is 51.4 Å². The SMILES string of the molecule is CCn1c(SCC(=O)Nc2ccc(C(C)C)cc2)nnc1C(C)Oc1ccc(Br)cc1. The van der Waals surface area contributed by atoms with Gasteiger partial charge in [0, 0.05) is 16.7 Å². The fraction of sp³-hybridized carbons (Fsp3) is 0.348. The number of nitrogens with zero attached hydrogens (tertiary/aromatic N) is 3. The number of hydrogen-bond acceptors (Lipinski definition) is 5. The number of anilines is 1. The summed E-state index contributed by atoms with van der Waals surface area (Å²) in [6.45, 7) is 8.96. The number of ether oxygens (including phenoxy) is 1. The van der Waals surface area contributed by atoms with Crippen molar-refractivity contribution in [1.29, 1.82) is 0 Å². The Labute approximate surface area is 195 Å². The lowest BCUT2D eigenvalue weighted by molar-refractivity contribution is -0.113. The fourth-order valence-electron chi connectivity index (χ4n) is 3.05. The lowest BCUT2D eigenvalue weighted by Crippen LogP contribution is -2.15. The molecule has 164 valence electrons. The first-order valence-electron chi connectivity index (χ1n) is 10.2. The molecule has 1 N–H and O–H groups in total. The van der Waals surface area contributed by atoms with Gasteiger partial charge >= 0.3 is 0 Å². The Balaban J connectivity index is 1.59. The van der Waals surface area contributed by atoms with Gasteiger partial charge < -0.3 is 14.6 Å². The molecule has 0 saturated carbocycles. The molecule has 2 aromatic carbocycles. The number of rotatable bonds is 9. The predicted molar refractivity (Wildman–Crippen MR) is 129 cm³/mol. The van der Waals surface area contributed by atoms with Crippen LogP contribution < -0.4 is 10.1 Å². The maximum absolute atomic E-state index is 12.4. The summed E-state index contributed by atoms with van der Waals surface area (Å²) in [5.41, 5.74) is 2.04. The molecule has 1 atom stereocenters. The zero-order valence-corrected chi connectivity index (χ0v) is 20.5. The lowest BCUT2D eigenvalue weighted by atomic mass is 10.0. The van der Waals surface area contributed by atoms with Gasteiger partial charge in [0.25, 0.3) is 0 Å². The second-order valence-electron chi connectivity index (χ2n) is 7.41. The van der Waals surface area contributed by atoms with Gasteiger partial charge in [-0.05, 0) is 61.7 Å². The highest BCUT2D eigenvalue weighted by molar-refractivity contribution is 9.10. The second-order valence-corrected chi connectivity index (χ2v) is 9.27. The van der Waals surface area contributed by atoms with Crippen molar-refractivity contribution in [1.82, 2.24) is 14.8 Å². The molecule has 3 rings (SSSR count). The smallest absolute Gasteiger partial charge is 0.234 e. The third kappa shape index (κ3) is 6.33. The van der Waals surface area contributed by atoms with E-state index in [2.05, 4.69) is 45.3 Å². The number of benzene rings is 2. The van der Waals surface area contributed by atoms with Crippen molar-refractivity contribution in [3.63, 3.8) is 0 Å². The zero-order valence-electron chi connectivity index (χ0n) is 18.1. The highest BCUT2D eigenvalue weighted by Gasteiger charge is 2.19. The molecule has 1 unspecified atom stereocenters. The summed E-state index contributed by atoms with van der Waals surface area (Å²) >= 11 is 4.79. The third-order valence-electron chi connectivity index (χ3n) is 4.75. The summed E-state index contributed by atoms with van der Waals surface area (Å²) in [6, 6.07) is 15.6. The van der Waals surface area contributed by atoms with E-state index in [0.717, 1.165) is 21.7 Å². The van der Waals surface area contributed by atoms with Crippen LogP contribution in [0.25, 0.3) is 0 Å². The van der Waals surface area contributed by atoms with Crippen molar-refractivity contribution in [3.05, 3.63) is 64.4 Å². The van der Waals surface area contributed by atoms with Gasteiger partial charge in [-0.15, -0.1) is 10.2 Å². The monoisotopic (exact) mass is 502 g/mol. The predicted octanol–water partition coefficient (Wildman–Crippen LogP) is 6.05. The molecule has 0 fully saturated rings. The first-order valence-corrected chi connectivity index (χ1v) is 12.0. The van der Waals surface area contributed by atoms with Gasteiger partial charge in [-0.3, -0.25) is 4.79 Å². The van der Waals surface area contributed by atoms with Crippen molar-refractivity contribution in [2.75, 3.05) is 11.1 Å². The second kappa shape index (κ2) is 10.8. The number of aromatic nitrogens is 3. The highest BCUT2D eigenvalue weighted by Crippen LogP contribution is 2.26. The molecule has 8 heteroatoms. The van der Waals surface area contributed by atoms with Gasteiger partial charge in [0.15, 0.2) is 17.1 Å². The molecule has 0 spiro atoms. The summed E-state index contributed by atoms with van der Waals surface area (Å²) in [5, 5.41) is 12.2. The van der Waals surface area contributed by atoms with E-state index in [9.17, 15) is 4.79 Å². The molecule has 0 aliphatic rings. The largest absolute Gasteiger partial charge is 0.483 e. The van der Waals surface area contributed by atoms with Crippen LogP contribution in [-0.4, -0.2) is 26.4 Å². The molecular formula is C23H27BrN4O2S. The van der Waals surface area contributed by atoms with Crippen LogP contribution in [0.1, 0.15) is 51.1 Å². The number of halogens is 1. The molecule has 0 aliphatic heterocycles. The maximum atomic E-state index is 12.4. The van der Waals surface area contributed by atoms with Crippen molar-refractivity contribution < 1.29 is 9.53 Å². The molecule has 1 heterocycles. The van der Waals surface area contributed by atoms with Gasteiger partial charge in [0.1, 0.15) is 5.75 Å². The Morgan fingerprint density at radius 3 is 2.39 bits per heavy atom. The van der Waals surface area contributed by atoms with E-state index in [0.29, 0.717) is 17.6 Å². The first-order chi connectivity index (χ1) is 14.9. The van der Waals surface area contributed by atoms with E-state index in [4.69, 9.17) is 4.74 Å². The van der Waals surface area contributed by atoms with Gasteiger partial charge in [0.05, 0.1) is 5.75 Å². The number of carbonyl (C=O) groups excluding carboxylic acids is 1. The maximum Gasteiger partial charge on any atom is 0.234 e. The minimum atomic E-state index is -0.267. The van der Waals surface area contributed by atoms with Crippen LogP contribution in [0.5, 0.6) is 5.75 Å². The van der Waals surface area contributed by atoms with E-state index in [1.54, 1.807) is 0 Å². The number of hydrogen-bond donors (Lipinski definition) is 1. The quantitative estimate of drug-likeness (QED) is 0.360. The molecule has 0 saturated heterocycles. The van der Waals surface area contributed by atoms with Crippen molar-refractivity contribution in [3.8, 4) is 5.75 Å². The molecule has 1 amide bonds. The molecule has 0 radical (unpaired) electrons. The summed E-state index contributed by atoms with van der Waals surface area (Å²) in [5.74, 6) is 2.14. The van der Waals surface area contributed by atoms with E-state index in [1.807, 2.05) is 66.9 Å². The molecular weight excluding hydrogens is 476 g/mol. The molecule has 0 aliphatic carbocycles. The van der Waals surface area contributed by atoms with Crippen molar-refractivity contribution in [2.24, 2.45) is 0 Å². The third-order valence-corrected chi connectivity index (χ3v) is 6.24. The fourth-order valence-corrected chi connectivity index (χ4v) is 4.13. The normalized spacial score (nSPS) is 12.1. The Kier molecular flexibility index (Phi) is 8.15. The van der Waals surface area contributed by atoms with E-state index < -0.39 is 0 Å². The standard InChI is InChI=1S/C23H27BrN4O2S/c1-5-28-22(16(4)30-20-12-8-18(24)9-13-20)26-27-23(28)31-14-21(29)25-19-10-6-17(7-11-19)15(2)3/h6-13,15-16H,5,14H2,1-4H3,(H,25,29). The summed E-state index contributed by atoms with van der Waals surface area (Å²) in [6.07, 6.45) is -0.267. The number of amides is 1. The number of carbonyl (C=O) groups is 1. The first kappa shape index (κ1) is 23.3. The number of nitrogens with one attached hydrogen (secondary N) is 1. The van der Waals surface area contributed by atoms with E-state index >= 15 is 0 Å². The average Bonchev–Trinajstić information content (AvgIpc) is 3.17.